The van der Waals surface area contributed by atoms with Crippen LogP contribution in [0.25, 0.3) is 0 Å². The second kappa shape index (κ2) is 6.27. The Balaban J connectivity index is 1.55. The van der Waals surface area contributed by atoms with Crippen molar-refractivity contribution in [2.75, 3.05) is 13.2 Å². The third-order valence-corrected chi connectivity index (χ3v) is 6.00. The number of ether oxygens (including phenoxy) is 2. The summed E-state index contributed by atoms with van der Waals surface area (Å²) in [5.74, 6) is 3.16. The number of fused-ring (bicyclic) bond motifs is 5. The molecule has 3 aliphatic carbocycles. The lowest BCUT2D eigenvalue weighted by Gasteiger charge is -2.33. The zero-order valence-electron chi connectivity index (χ0n) is 12.9. The van der Waals surface area contributed by atoms with Gasteiger partial charge in [-0.05, 0) is 61.2 Å². The second-order valence-corrected chi connectivity index (χ2v) is 6.90. The first-order valence-electron chi connectivity index (χ1n) is 8.22. The third kappa shape index (κ3) is 2.71. The minimum absolute atomic E-state index is 0.319. The summed E-state index contributed by atoms with van der Waals surface area (Å²) in [6.45, 7) is 7.94. The first kappa shape index (κ1) is 15.3. The van der Waals surface area contributed by atoms with Gasteiger partial charge in [-0.2, -0.15) is 0 Å². The summed E-state index contributed by atoms with van der Waals surface area (Å²) >= 11 is 0. The smallest absolute Gasteiger partial charge is 0.330 e. The van der Waals surface area contributed by atoms with Crippen molar-refractivity contribution in [2.24, 2.45) is 35.5 Å². The molecule has 22 heavy (non-hydrogen) atoms. The molecule has 3 fully saturated rings. The van der Waals surface area contributed by atoms with E-state index in [2.05, 4.69) is 13.2 Å². The normalized spacial score (nSPS) is 38.4. The Bertz CT molecular complexity index is 483. The summed E-state index contributed by atoms with van der Waals surface area (Å²) in [5, 5.41) is 0. The van der Waals surface area contributed by atoms with Crippen LogP contribution in [0.5, 0.6) is 0 Å². The monoisotopic (exact) mass is 304 g/mol. The van der Waals surface area contributed by atoms with Gasteiger partial charge in [0.05, 0.1) is 13.2 Å². The van der Waals surface area contributed by atoms with Gasteiger partial charge >= 0.3 is 11.9 Å². The van der Waals surface area contributed by atoms with Gasteiger partial charge in [-0.25, -0.2) is 9.59 Å². The fourth-order valence-electron chi connectivity index (χ4n) is 5.30. The summed E-state index contributed by atoms with van der Waals surface area (Å²) < 4.78 is 10.5. The Labute approximate surface area is 131 Å². The van der Waals surface area contributed by atoms with Crippen molar-refractivity contribution in [3.8, 4) is 0 Å². The van der Waals surface area contributed by atoms with Gasteiger partial charge in [-0.3, -0.25) is 0 Å². The lowest BCUT2D eigenvalue weighted by Crippen LogP contribution is -2.31. The minimum Gasteiger partial charge on any atom is -0.462 e. The largest absolute Gasteiger partial charge is 0.462 e. The molecule has 6 atom stereocenters. The lowest BCUT2D eigenvalue weighted by molar-refractivity contribution is -0.140. The third-order valence-electron chi connectivity index (χ3n) is 6.00. The van der Waals surface area contributed by atoms with E-state index in [-0.39, 0.29) is 11.9 Å². The maximum atomic E-state index is 11.3. The Morgan fingerprint density at radius 3 is 2.18 bits per heavy atom. The maximum Gasteiger partial charge on any atom is 0.330 e. The zero-order chi connectivity index (χ0) is 15.7. The molecule has 3 saturated carbocycles. The highest BCUT2D eigenvalue weighted by molar-refractivity contribution is 5.81. The topological polar surface area (TPSA) is 52.6 Å². The molecule has 0 aromatic heterocycles. The van der Waals surface area contributed by atoms with Gasteiger partial charge in [-0.1, -0.05) is 13.2 Å². The van der Waals surface area contributed by atoms with Crippen LogP contribution in [0.1, 0.15) is 25.7 Å². The summed E-state index contributed by atoms with van der Waals surface area (Å²) in [5.41, 5.74) is 0. The number of hydrogen-bond acceptors (Lipinski definition) is 4. The Morgan fingerprint density at radius 2 is 1.55 bits per heavy atom. The van der Waals surface area contributed by atoms with Gasteiger partial charge in [0.2, 0.25) is 0 Å². The van der Waals surface area contributed by atoms with Crippen LogP contribution < -0.4 is 0 Å². The zero-order valence-corrected chi connectivity index (χ0v) is 12.9. The van der Waals surface area contributed by atoms with E-state index < -0.39 is 0 Å². The summed E-state index contributed by atoms with van der Waals surface area (Å²) in [6.07, 6.45) is 7.21. The van der Waals surface area contributed by atoms with E-state index in [1.54, 1.807) is 0 Å². The molecule has 0 heterocycles. The number of hydrogen-bond donors (Lipinski definition) is 0. The van der Waals surface area contributed by atoms with Crippen LogP contribution in [0.3, 0.4) is 0 Å². The van der Waals surface area contributed by atoms with Gasteiger partial charge < -0.3 is 9.47 Å². The van der Waals surface area contributed by atoms with Gasteiger partial charge in [0.1, 0.15) is 0 Å². The van der Waals surface area contributed by atoms with Crippen molar-refractivity contribution in [3.63, 3.8) is 0 Å². The van der Waals surface area contributed by atoms with Crippen LogP contribution in [-0.2, 0) is 19.1 Å². The van der Waals surface area contributed by atoms with Gasteiger partial charge in [-0.15, -0.1) is 0 Å². The lowest BCUT2D eigenvalue weighted by atomic mass is 9.73. The van der Waals surface area contributed by atoms with E-state index in [4.69, 9.17) is 9.47 Å². The Morgan fingerprint density at radius 1 is 0.909 bits per heavy atom. The molecule has 0 radical (unpaired) electrons. The first-order valence-corrected chi connectivity index (χ1v) is 8.22. The van der Waals surface area contributed by atoms with Crippen LogP contribution in [0.15, 0.2) is 25.3 Å². The molecule has 0 aromatic carbocycles. The highest BCUT2D eigenvalue weighted by Gasteiger charge is 2.57. The van der Waals surface area contributed by atoms with E-state index in [9.17, 15) is 9.59 Å². The quantitative estimate of drug-likeness (QED) is 0.559. The van der Waals surface area contributed by atoms with E-state index in [0.717, 1.165) is 18.8 Å². The maximum absolute atomic E-state index is 11.3. The van der Waals surface area contributed by atoms with Crippen molar-refractivity contribution >= 4 is 11.9 Å². The Hall–Kier alpha value is -1.58. The molecule has 0 N–H and O–H groups in total. The highest BCUT2D eigenvalue weighted by atomic mass is 16.5. The molecule has 2 bridgehead atoms. The van der Waals surface area contributed by atoms with Crippen LogP contribution >= 0.6 is 0 Å². The molecule has 120 valence electrons. The molecule has 3 aliphatic rings. The fourth-order valence-corrected chi connectivity index (χ4v) is 5.30. The standard InChI is InChI=1S/C18H24O4/c1-3-16(19)21-9-11-5-6-14-15-8-12(18(11)14)7-13(15)10-22-17(20)4-2/h3-4,11-15,18H,1-2,5-10H2. The van der Waals surface area contributed by atoms with Gasteiger partial charge in [0, 0.05) is 12.2 Å². The van der Waals surface area contributed by atoms with E-state index in [0.29, 0.717) is 42.8 Å². The van der Waals surface area contributed by atoms with Crippen LogP contribution in [0.4, 0.5) is 0 Å². The van der Waals surface area contributed by atoms with Crippen molar-refractivity contribution in [1.29, 1.82) is 0 Å². The van der Waals surface area contributed by atoms with E-state index in [1.807, 2.05) is 0 Å². The molecule has 0 saturated heterocycles. The highest BCUT2D eigenvalue weighted by Crippen LogP contribution is 2.62. The van der Waals surface area contributed by atoms with Crippen LogP contribution in [-0.4, -0.2) is 25.2 Å². The van der Waals surface area contributed by atoms with Crippen molar-refractivity contribution in [1.82, 2.24) is 0 Å². The van der Waals surface area contributed by atoms with Crippen molar-refractivity contribution < 1.29 is 19.1 Å². The average Bonchev–Trinajstić information content (AvgIpc) is 3.21. The predicted octanol–water partition coefficient (Wildman–Crippen LogP) is 2.74. The summed E-state index contributed by atoms with van der Waals surface area (Å²) in [6, 6.07) is 0. The number of carbonyl (C=O) groups excluding carboxylic acids is 2. The SMILES string of the molecule is C=CC(=O)OCC1CC2CC1C1CCC(COC(=O)C=C)C21. The first-order chi connectivity index (χ1) is 10.6. The van der Waals surface area contributed by atoms with Gasteiger partial charge in [0.25, 0.3) is 0 Å². The summed E-state index contributed by atoms with van der Waals surface area (Å²) in [7, 11) is 0. The molecule has 4 nitrogen and oxygen atoms in total. The number of carbonyl (C=O) groups is 2. The number of rotatable bonds is 6. The molecule has 0 amide bonds. The van der Waals surface area contributed by atoms with Crippen molar-refractivity contribution in [3.05, 3.63) is 25.3 Å². The molecular formula is C18H24O4. The molecular weight excluding hydrogens is 280 g/mol. The molecule has 6 unspecified atom stereocenters. The molecule has 4 heteroatoms. The molecule has 0 spiro atoms. The fraction of sp³-hybridized carbons (Fsp3) is 0.667. The van der Waals surface area contributed by atoms with Crippen LogP contribution in [0.2, 0.25) is 0 Å². The average molecular weight is 304 g/mol. The van der Waals surface area contributed by atoms with Crippen molar-refractivity contribution in [2.45, 2.75) is 25.7 Å². The van der Waals surface area contributed by atoms with Gasteiger partial charge in [0.15, 0.2) is 0 Å². The second-order valence-electron chi connectivity index (χ2n) is 6.90. The predicted molar refractivity (Wildman–Crippen MR) is 81.7 cm³/mol. The van der Waals surface area contributed by atoms with E-state index >= 15 is 0 Å². The molecule has 0 aliphatic heterocycles. The molecule has 3 rings (SSSR count). The number of esters is 2. The Kier molecular flexibility index (Phi) is 4.37. The van der Waals surface area contributed by atoms with E-state index in [1.165, 1.54) is 25.0 Å². The minimum atomic E-state index is -0.319. The van der Waals surface area contributed by atoms with Crippen LogP contribution in [0, 0.1) is 35.5 Å². The summed E-state index contributed by atoms with van der Waals surface area (Å²) in [4.78, 5) is 22.5. The molecule has 0 aromatic rings.